The van der Waals surface area contributed by atoms with Gasteiger partial charge in [-0.15, -0.1) is 0 Å². The molecule has 4 nitrogen and oxygen atoms in total. The van der Waals surface area contributed by atoms with Crippen molar-refractivity contribution in [2.45, 2.75) is 19.4 Å². The Labute approximate surface area is 104 Å². The molecule has 1 aromatic carbocycles. The molecule has 1 aromatic rings. The molecule has 0 saturated heterocycles. The molecule has 0 radical (unpaired) electrons. The SMILES string of the molecule is CC(CC(N)=NO)Nc1cc(Cl)cc(Cl)c1. The third-order valence-corrected chi connectivity index (χ3v) is 2.36. The maximum absolute atomic E-state index is 8.43. The van der Waals surface area contributed by atoms with Gasteiger partial charge in [0.15, 0.2) is 0 Å². The summed E-state index contributed by atoms with van der Waals surface area (Å²) < 4.78 is 0. The molecule has 0 spiro atoms. The highest BCUT2D eigenvalue weighted by Gasteiger charge is 2.06. The van der Waals surface area contributed by atoms with Gasteiger partial charge in [-0.05, 0) is 25.1 Å². The van der Waals surface area contributed by atoms with Gasteiger partial charge < -0.3 is 16.3 Å². The third-order valence-electron chi connectivity index (χ3n) is 1.92. The Balaban J connectivity index is 2.65. The molecular formula is C10H13Cl2N3O. The van der Waals surface area contributed by atoms with Crippen LogP contribution in [-0.4, -0.2) is 17.1 Å². The van der Waals surface area contributed by atoms with E-state index in [9.17, 15) is 0 Å². The molecule has 4 N–H and O–H groups in total. The molecular weight excluding hydrogens is 249 g/mol. The van der Waals surface area contributed by atoms with Gasteiger partial charge in [0.1, 0.15) is 5.84 Å². The number of nitrogens with two attached hydrogens (primary N) is 1. The lowest BCUT2D eigenvalue weighted by molar-refractivity contribution is 0.316. The Kier molecular flexibility index (Phi) is 4.71. The van der Waals surface area contributed by atoms with Crippen molar-refractivity contribution >= 4 is 34.7 Å². The predicted octanol–water partition coefficient (Wildman–Crippen LogP) is 2.93. The zero-order valence-corrected chi connectivity index (χ0v) is 10.3. The molecule has 6 heteroatoms. The Morgan fingerprint density at radius 2 is 2.00 bits per heavy atom. The summed E-state index contributed by atoms with van der Waals surface area (Å²) in [5.41, 5.74) is 6.20. The fourth-order valence-electron chi connectivity index (χ4n) is 1.33. The van der Waals surface area contributed by atoms with E-state index in [1.54, 1.807) is 18.2 Å². The topological polar surface area (TPSA) is 70.6 Å². The number of anilines is 1. The van der Waals surface area contributed by atoms with Crippen molar-refractivity contribution in [3.05, 3.63) is 28.2 Å². The van der Waals surface area contributed by atoms with Crippen molar-refractivity contribution < 1.29 is 5.21 Å². The van der Waals surface area contributed by atoms with Gasteiger partial charge in [0.2, 0.25) is 0 Å². The monoisotopic (exact) mass is 261 g/mol. The number of hydrogen-bond donors (Lipinski definition) is 3. The molecule has 0 aliphatic carbocycles. The van der Waals surface area contributed by atoms with E-state index in [0.717, 1.165) is 5.69 Å². The number of hydrogen-bond acceptors (Lipinski definition) is 3. The summed E-state index contributed by atoms with van der Waals surface area (Å²) in [4.78, 5) is 0. The quantitative estimate of drug-likeness (QED) is 0.338. The number of benzene rings is 1. The molecule has 0 aliphatic rings. The maximum Gasteiger partial charge on any atom is 0.141 e. The second-order valence-corrected chi connectivity index (χ2v) is 4.37. The number of amidine groups is 1. The zero-order chi connectivity index (χ0) is 12.1. The summed E-state index contributed by atoms with van der Waals surface area (Å²) in [5, 5.41) is 15.6. The number of halogens is 2. The van der Waals surface area contributed by atoms with Crippen molar-refractivity contribution in [2.75, 3.05) is 5.32 Å². The third kappa shape index (κ3) is 4.16. The van der Waals surface area contributed by atoms with Gasteiger partial charge in [-0.1, -0.05) is 28.4 Å². The summed E-state index contributed by atoms with van der Waals surface area (Å²) in [5.74, 6) is 0.174. The highest BCUT2D eigenvalue weighted by molar-refractivity contribution is 6.35. The molecule has 0 amide bonds. The van der Waals surface area contributed by atoms with Crippen LogP contribution >= 0.6 is 23.2 Å². The number of nitrogens with zero attached hydrogens (tertiary/aromatic N) is 1. The lowest BCUT2D eigenvalue weighted by Gasteiger charge is -2.14. The van der Waals surface area contributed by atoms with E-state index in [2.05, 4.69) is 10.5 Å². The lowest BCUT2D eigenvalue weighted by atomic mass is 10.2. The lowest BCUT2D eigenvalue weighted by Crippen LogP contribution is -2.24. The van der Waals surface area contributed by atoms with Gasteiger partial charge in [-0.2, -0.15) is 0 Å². The van der Waals surface area contributed by atoms with Crippen LogP contribution < -0.4 is 11.1 Å². The minimum atomic E-state index is 0.0189. The van der Waals surface area contributed by atoms with Crippen molar-refractivity contribution in [3.8, 4) is 0 Å². The van der Waals surface area contributed by atoms with Crippen molar-refractivity contribution in [1.29, 1.82) is 0 Å². The first-order valence-electron chi connectivity index (χ1n) is 4.70. The summed E-state index contributed by atoms with van der Waals surface area (Å²) in [6, 6.07) is 5.19. The predicted molar refractivity (Wildman–Crippen MR) is 67.6 cm³/mol. The van der Waals surface area contributed by atoms with Crippen LogP contribution in [-0.2, 0) is 0 Å². The average Bonchev–Trinajstić information content (AvgIpc) is 2.15. The first-order valence-corrected chi connectivity index (χ1v) is 5.46. The Morgan fingerprint density at radius 3 is 2.50 bits per heavy atom. The van der Waals surface area contributed by atoms with Gasteiger partial charge in [0.05, 0.1) is 0 Å². The molecule has 1 rings (SSSR count). The Bertz CT molecular complexity index is 375. The van der Waals surface area contributed by atoms with E-state index in [0.29, 0.717) is 16.5 Å². The second kappa shape index (κ2) is 5.82. The van der Waals surface area contributed by atoms with Crippen LogP contribution in [0.1, 0.15) is 13.3 Å². The molecule has 1 unspecified atom stereocenters. The minimum Gasteiger partial charge on any atom is -0.409 e. The van der Waals surface area contributed by atoms with Crippen LogP contribution in [0.3, 0.4) is 0 Å². The van der Waals surface area contributed by atoms with E-state index in [1.165, 1.54) is 0 Å². The largest absolute Gasteiger partial charge is 0.409 e. The highest BCUT2D eigenvalue weighted by Crippen LogP contribution is 2.23. The van der Waals surface area contributed by atoms with Gasteiger partial charge in [-0.25, -0.2) is 0 Å². The molecule has 0 heterocycles. The molecule has 16 heavy (non-hydrogen) atoms. The molecule has 88 valence electrons. The van der Waals surface area contributed by atoms with Crippen LogP contribution in [0.5, 0.6) is 0 Å². The number of nitrogens with one attached hydrogen (secondary N) is 1. The van der Waals surface area contributed by atoms with Crippen molar-refractivity contribution in [3.63, 3.8) is 0 Å². The van der Waals surface area contributed by atoms with Crippen molar-refractivity contribution in [1.82, 2.24) is 0 Å². The molecule has 0 fully saturated rings. The van der Waals surface area contributed by atoms with Gasteiger partial charge >= 0.3 is 0 Å². The second-order valence-electron chi connectivity index (χ2n) is 3.50. The zero-order valence-electron chi connectivity index (χ0n) is 8.74. The maximum atomic E-state index is 8.43. The normalized spacial score (nSPS) is 13.6. The number of rotatable bonds is 4. The van der Waals surface area contributed by atoms with Gasteiger partial charge in [-0.3, -0.25) is 0 Å². The minimum absolute atomic E-state index is 0.0189. The summed E-state index contributed by atoms with van der Waals surface area (Å²) in [7, 11) is 0. The van der Waals surface area contributed by atoms with E-state index in [-0.39, 0.29) is 11.9 Å². The molecule has 0 aromatic heterocycles. The van der Waals surface area contributed by atoms with Gasteiger partial charge in [0, 0.05) is 28.2 Å². The van der Waals surface area contributed by atoms with E-state index in [4.69, 9.17) is 34.1 Å². The van der Waals surface area contributed by atoms with Gasteiger partial charge in [0.25, 0.3) is 0 Å². The average molecular weight is 262 g/mol. The molecule has 0 aliphatic heterocycles. The van der Waals surface area contributed by atoms with E-state index < -0.39 is 0 Å². The standard InChI is InChI=1S/C10H13Cl2N3O/c1-6(2-10(13)15-16)14-9-4-7(11)3-8(12)5-9/h3-6,14,16H,2H2,1H3,(H2,13,15). The van der Waals surface area contributed by atoms with Crippen LogP contribution in [0.4, 0.5) is 5.69 Å². The summed E-state index contributed by atoms with van der Waals surface area (Å²) in [6.07, 6.45) is 0.431. The first kappa shape index (κ1) is 12.9. The smallest absolute Gasteiger partial charge is 0.141 e. The van der Waals surface area contributed by atoms with E-state index >= 15 is 0 Å². The molecule has 1 atom stereocenters. The first-order chi connectivity index (χ1) is 7.51. The van der Waals surface area contributed by atoms with Crippen LogP contribution in [0.2, 0.25) is 10.0 Å². The van der Waals surface area contributed by atoms with Crippen LogP contribution in [0, 0.1) is 0 Å². The summed E-state index contributed by atoms with van der Waals surface area (Å²) in [6.45, 7) is 1.91. The fraction of sp³-hybridized carbons (Fsp3) is 0.300. The van der Waals surface area contributed by atoms with Crippen LogP contribution in [0.15, 0.2) is 23.4 Å². The highest BCUT2D eigenvalue weighted by atomic mass is 35.5. The van der Waals surface area contributed by atoms with E-state index in [1.807, 2.05) is 6.92 Å². The molecule has 0 bridgehead atoms. The Hall–Kier alpha value is -1.13. The molecule has 0 saturated carbocycles. The van der Waals surface area contributed by atoms with Crippen LogP contribution in [0.25, 0.3) is 0 Å². The van der Waals surface area contributed by atoms with Crippen molar-refractivity contribution in [2.24, 2.45) is 10.9 Å². The summed E-state index contributed by atoms with van der Waals surface area (Å²) >= 11 is 11.7. The Morgan fingerprint density at radius 1 is 1.44 bits per heavy atom. The fourth-order valence-corrected chi connectivity index (χ4v) is 1.85. The number of oxime groups is 1.